The van der Waals surface area contributed by atoms with Gasteiger partial charge in [0.15, 0.2) is 0 Å². The van der Waals surface area contributed by atoms with Crippen LogP contribution in [0.25, 0.3) is 5.69 Å². The molecule has 2 rings (SSSR count). The van der Waals surface area contributed by atoms with Crippen molar-refractivity contribution in [2.24, 2.45) is 0 Å². The van der Waals surface area contributed by atoms with E-state index in [2.05, 4.69) is 10.1 Å². The van der Waals surface area contributed by atoms with Gasteiger partial charge in [-0.05, 0) is 19.1 Å². The first-order valence-corrected chi connectivity index (χ1v) is 4.12. The molecule has 72 valence electrons. The molecule has 0 saturated carbocycles. The Labute approximate surface area is 80.2 Å². The molecule has 5 heteroatoms. The summed E-state index contributed by atoms with van der Waals surface area (Å²) in [7, 11) is 0. The second-order valence-electron chi connectivity index (χ2n) is 2.88. The molecule has 2 aromatic rings. The minimum atomic E-state index is -0.347. The van der Waals surface area contributed by atoms with Crippen molar-refractivity contribution in [2.75, 3.05) is 5.73 Å². The van der Waals surface area contributed by atoms with E-state index < -0.39 is 0 Å². The van der Waals surface area contributed by atoms with Gasteiger partial charge < -0.3 is 5.73 Å². The van der Waals surface area contributed by atoms with E-state index in [0.29, 0.717) is 11.5 Å². The van der Waals surface area contributed by atoms with Crippen molar-refractivity contribution in [1.82, 2.24) is 14.8 Å². The molecule has 2 N–H and O–H groups in total. The van der Waals surface area contributed by atoms with Gasteiger partial charge in [-0.15, -0.1) is 5.10 Å². The molecule has 0 radical (unpaired) electrons. The van der Waals surface area contributed by atoms with Crippen LogP contribution in [0.5, 0.6) is 0 Å². The van der Waals surface area contributed by atoms with Gasteiger partial charge in [-0.1, -0.05) is 12.1 Å². The first-order valence-electron chi connectivity index (χ1n) is 4.12. The smallest absolute Gasteiger partial charge is 0.240 e. The number of benzene rings is 1. The predicted molar refractivity (Wildman–Crippen MR) is 50.5 cm³/mol. The van der Waals surface area contributed by atoms with Gasteiger partial charge in [0.2, 0.25) is 5.95 Å². The molecule has 0 atom stereocenters. The van der Waals surface area contributed by atoms with Crippen LogP contribution in [0.4, 0.5) is 10.3 Å². The number of nitrogens with zero attached hydrogens (tertiary/aromatic N) is 3. The Morgan fingerprint density at radius 1 is 1.36 bits per heavy atom. The quantitative estimate of drug-likeness (QED) is 0.740. The lowest BCUT2D eigenvalue weighted by atomic mass is 10.3. The maximum atomic E-state index is 13.3. The maximum Gasteiger partial charge on any atom is 0.240 e. The number of aryl methyl sites for hydroxylation is 1. The van der Waals surface area contributed by atoms with E-state index in [1.54, 1.807) is 25.1 Å². The van der Waals surface area contributed by atoms with Crippen molar-refractivity contribution in [2.45, 2.75) is 6.92 Å². The fourth-order valence-electron chi connectivity index (χ4n) is 1.26. The summed E-state index contributed by atoms with van der Waals surface area (Å²) in [5.74, 6) is 0.360. The predicted octanol–water partition coefficient (Wildman–Crippen LogP) is 1.30. The van der Waals surface area contributed by atoms with E-state index in [-0.39, 0.29) is 11.8 Å². The van der Waals surface area contributed by atoms with Crippen LogP contribution in [0.15, 0.2) is 24.3 Å². The molecule has 0 saturated heterocycles. The number of hydrogen-bond donors (Lipinski definition) is 1. The Morgan fingerprint density at radius 3 is 2.64 bits per heavy atom. The zero-order chi connectivity index (χ0) is 10.1. The molecule has 0 aliphatic heterocycles. The Kier molecular flexibility index (Phi) is 1.92. The average Bonchev–Trinajstić information content (AvgIpc) is 2.46. The number of anilines is 1. The monoisotopic (exact) mass is 192 g/mol. The molecule has 1 aromatic carbocycles. The van der Waals surface area contributed by atoms with Crippen molar-refractivity contribution in [3.05, 3.63) is 35.9 Å². The number of nitrogen functional groups attached to an aromatic ring is 1. The van der Waals surface area contributed by atoms with Crippen LogP contribution in [0.2, 0.25) is 0 Å². The first-order chi connectivity index (χ1) is 6.68. The Hall–Kier alpha value is -1.91. The number of hydrogen-bond acceptors (Lipinski definition) is 3. The molecule has 4 nitrogen and oxygen atoms in total. The third kappa shape index (κ3) is 1.32. The summed E-state index contributed by atoms with van der Waals surface area (Å²) < 4.78 is 14.7. The third-order valence-corrected chi connectivity index (χ3v) is 1.87. The van der Waals surface area contributed by atoms with Gasteiger partial charge in [-0.25, -0.2) is 9.07 Å². The van der Waals surface area contributed by atoms with Crippen LogP contribution in [0.1, 0.15) is 5.82 Å². The number of rotatable bonds is 1. The lowest BCUT2D eigenvalue weighted by Crippen LogP contribution is -2.02. The molecule has 0 aliphatic rings. The summed E-state index contributed by atoms with van der Waals surface area (Å²) >= 11 is 0. The fraction of sp³-hybridized carbons (Fsp3) is 0.111. The van der Waals surface area contributed by atoms with Gasteiger partial charge in [-0.2, -0.15) is 4.98 Å². The number of nitrogens with two attached hydrogens (primary N) is 1. The summed E-state index contributed by atoms with van der Waals surface area (Å²) in [5, 5.41) is 3.88. The Bertz CT molecular complexity index is 464. The molecule has 0 aliphatic carbocycles. The molecule has 0 amide bonds. The molecule has 0 unspecified atom stereocenters. The molecule has 1 heterocycles. The van der Waals surface area contributed by atoms with Crippen molar-refractivity contribution in [3.8, 4) is 5.69 Å². The van der Waals surface area contributed by atoms with Gasteiger partial charge in [0.1, 0.15) is 17.3 Å². The van der Waals surface area contributed by atoms with Crippen LogP contribution >= 0.6 is 0 Å². The lowest BCUT2D eigenvalue weighted by Gasteiger charge is -2.02. The fourth-order valence-corrected chi connectivity index (χ4v) is 1.26. The van der Waals surface area contributed by atoms with E-state index in [4.69, 9.17) is 5.73 Å². The Morgan fingerprint density at radius 2 is 2.07 bits per heavy atom. The lowest BCUT2D eigenvalue weighted by molar-refractivity contribution is 0.608. The molecular formula is C9H9FN4. The highest BCUT2D eigenvalue weighted by molar-refractivity contribution is 5.34. The van der Waals surface area contributed by atoms with Crippen LogP contribution in [0.3, 0.4) is 0 Å². The average molecular weight is 192 g/mol. The second kappa shape index (κ2) is 3.10. The molecule has 0 spiro atoms. The van der Waals surface area contributed by atoms with Crippen molar-refractivity contribution in [1.29, 1.82) is 0 Å². The SMILES string of the molecule is Cc1nc(N)nn1-c1ccccc1F. The second-order valence-corrected chi connectivity index (χ2v) is 2.88. The van der Waals surface area contributed by atoms with Gasteiger partial charge in [-0.3, -0.25) is 0 Å². The molecular weight excluding hydrogens is 183 g/mol. The Balaban J connectivity index is 2.60. The first kappa shape index (κ1) is 8.68. The van der Waals surface area contributed by atoms with Crippen LogP contribution in [0, 0.1) is 12.7 Å². The van der Waals surface area contributed by atoms with Crippen molar-refractivity contribution in [3.63, 3.8) is 0 Å². The highest BCUT2D eigenvalue weighted by Crippen LogP contribution is 2.13. The molecule has 0 bridgehead atoms. The zero-order valence-corrected chi connectivity index (χ0v) is 7.61. The summed E-state index contributed by atoms with van der Waals surface area (Å²) in [5.41, 5.74) is 5.76. The van der Waals surface area contributed by atoms with Gasteiger partial charge in [0.25, 0.3) is 0 Å². The maximum absolute atomic E-state index is 13.3. The normalized spacial score (nSPS) is 10.4. The molecule has 14 heavy (non-hydrogen) atoms. The largest absolute Gasteiger partial charge is 0.366 e. The van der Waals surface area contributed by atoms with Gasteiger partial charge >= 0.3 is 0 Å². The number of para-hydroxylation sites is 1. The highest BCUT2D eigenvalue weighted by atomic mass is 19.1. The van der Waals surface area contributed by atoms with E-state index in [9.17, 15) is 4.39 Å². The minimum absolute atomic E-state index is 0.144. The van der Waals surface area contributed by atoms with Gasteiger partial charge in [0.05, 0.1) is 0 Å². The van der Waals surface area contributed by atoms with E-state index in [0.717, 1.165) is 0 Å². The van der Waals surface area contributed by atoms with E-state index in [1.165, 1.54) is 10.7 Å². The number of halogens is 1. The summed E-state index contributed by atoms with van der Waals surface area (Å²) in [6.45, 7) is 1.72. The standard InChI is InChI=1S/C9H9FN4/c1-6-12-9(11)13-14(6)8-5-3-2-4-7(8)10/h2-5H,1H3,(H2,11,13). The van der Waals surface area contributed by atoms with Crippen LogP contribution in [-0.2, 0) is 0 Å². The molecule has 1 aromatic heterocycles. The summed E-state index contributed by atoms with van der Waals surface area (Å²) in [6.07, 6.45) is 0. The molecule has 0 fully saturated rings. The highest BCUT2D eigenvalue weighted by Gasteiger charge is 2.08. The summed E-state index contributed by atoms with van der Waals surface area (Å²) in [6, 6.07) is 6.34. The topological polar surface area (TPSA) is 56.7 Å². The van der Waals surface area contributed by atoms with Crippen LogP contribution < -0.4 is 5.73 Å². The van der Waals surface area contributed by atoms with Crippen molar-refractivity contribution >= 4 is 5.95 Å². The van der Waals surface area contributed by atoms with Crippen LogP contribution in [-0.4, -0.2) is 14.8 Å². The van der Waals surface area contributed by atoms with E-state index >= 15 is 0 Å². The minimum Gasteiger partial charge on any atom is -0.366 e. The number of aromatic nitrogens is 3. The van der Waals surface area contributed by atoms with Gasteiger partial charge in [0, 0.05) is 0 Å². The van der Waals surface area contributed by atoms with Crippen molar-refractivity contribution < 1.29 is 4.39 Å². The summed E-state index contributed by atoms with van der Waals surface area (Å²) in [4.78, 5) is 3.89. The third-order valence-electron chi connectivity index (χ3n) is 1.87. The van der Waals surface area contributed by atoms with E-state index in [1.807, 2.05) is 0 Å². The zero-order valence-electron chi connectivity index (χ0n) is 7.61.